The maximum Gasteiger partial charge on any atom is 0.255 e. The van der Waals surface area contributed by atoms with E-state index in [4.69, 9.17) is 5.11 Å². The first-order valence-electron chi connectivity index (χ1n) is 6.06. The van der Waals surface area contributed by atoms with Crippen molar-refractivity contribution in [2.75, 3.05) is 26.2 Å². The second-order valence-corrected chi connectivity index (χ2v) is 6.98. The SMILES string of the molecule is O=C(CCNS(=O)(=O)c1cccs1)N(CCO)CC(F)F. The first-order valence-corrected chi connectivity index (χ1v) is 8.43. The van der Waals surface area contributed by atoms with E-state index in [-0.39, 0.29) is 23.7 Å². The minimum atomic E-state index is -3.67. The second kappa shape index (κ2) is 8.37. The molecule has 0 aromatic carbocycles. The molecule has 1 aromatic heterocycles. The van der Waals surface area contributed by atoms with Crippen molar-refractivity contribution in [3.8, 4) is 0 Å². The van der Waals surface area contributed by atoms with Crippen LogP contribution in [0.5, 0.6) is 0 Å². The summed E-state index contributed by atoms with van der Waals surface area (Å²) in [6.45, 7) is -1.61. The van der Waals surface area contributed by atoms with Gasteiger partial charge in [-0.2, -0.15) is 0 Å². The summed E-state index contributed by atoms with van der Waals surface area (Å²) in [6.07, 6.45) is -2.96. The van der Waals surface area contributed by atoms with Gasteiger partial charge in [-0.1, -0.05) is 6.07 Å². The summed E-state index contributed by atoms with van der Waals surface area (Å²) in [6, 6.07) is 3.00. The maximum atomic E-state index is 12.3. The minimum Gasteiger partial charge on any atom is -0.395 e. The van der Waals surface area contributed by atoms with Crippen LogP contribution in [0.1, 0.15) is 6.42 Å². The van der Waals surface area contributed by atoms with Crippen LogP contribution in [0.15, 0.2) is 21.7 Å². The van der Waals surface area contributed by atoms with Crippen molar-refractivity contribution in [1.29, 1.82) is 0 Å². The average Bonchev–Trinajstić information content (AvgIpc) is 2.92. The van der Waals surface area contributed by atoms with Gasteiger partial charge in [0.1, 0.15) is 4.21 Å². The number of thiophene rings is 1. The molecule has 0 radical (unpaired) electrons. The largest absolute Gasteiger partial charge is 0.395 e. The number of amides is 1. The van der Waals surface area contributed by atoms with Gasteiger partial charge in [0.15, 0.2) is 0 Å². The molecule has 0 saturated heterocycles. The molecule has 10 heteroatoms. The van der Waals surface area contributed by atoms with Crippen LogP contribution in [0, 0.1) is 0 Å². The van der Waals surface area contributed by atoms with Gasteiger partial charge in [-0.3, -0.25) is 4.79 Å². The summed E-state index contributed by atoms with van der Waals surface area (Å²) in [5, 5.41) is 10.3. The number of carbonyl (C=O) groups is 1. The zero-order chi connectivity index (χ0) is 15.9. The van der Waals surface area contributed by atoms with Crippen LogP contribution in [0.25, 0.3) is 0 Å². The first kappa shape index (κ1) is 18.0. The summed E-state index contributed by atoms with van der Waals surface area (Å²) < 4.78 is 50.4. The van der Waals surface area contributed by atoms with Gasteiger partial charge < -0.3 is 10.0 Å². The fourth-order valence-corrected chi connectivity index (χ4v) is 3.61. The van der Waals surface area contributed by atoms with Gasteiger partial charge in [-0.25, -0.2) is 21.9 Å². The molecule has 1 heterocycles. The Kier molecular flexibility index (Phi) is 7.15. The summed E-state index contributed by atoms with van der Waals surface area (Å²) in [7, 11) is -3.67. The van der Waals surface area contributed by atoms with Crippen LogP contribution in [0.4, 0.5) is 8.78 Å². The molecule has 21 heavy (non-hydrogen) atoms. The minimum absolute atomic E-state index is 0.120. The Balaban J connectivity index is 2.48. The molecule has 0 aliphatic carbocycles. The van der Waals surface area contributed by atoms with E-state index in [1.165, 1.54) is 6.07 Å². The number of sulfonamides is 1. The van der Waals surface area contributed by atoms with E-state index in [0.29, 0.717) is 0 Å². The fourth-order valence-electron chi connectivity index (χ4n) is 1.54. The normalized spacial score (nSPS) is 11.8. The van der Waals surface area contributed by atoms with Crippen LogP contribution >= 0.6 is 11.3 Å². The highest BCUT2D eigenvalue weighted by Gasteiger charge is 2.19. The molecule has 0 aliphatic heterocycles. The van der Waals surface area contributed by atoms with Crippen LogP contribution < -0.4 is 4.72 Å². The quantitative estimate of drug-likeness (QED) is 0.684. The number of carbonyl (C=O) groups excluding carboxylic acids is 1. The molecule has 0 saturated carbocycles. The van der Waals surface area contributed by atoms with E-state index in [1.54, 1.807) is 11.4 Å². The van der Waals surface area contributed by atoms with Crippen LogP contribution in [-0.2, 0) is 14.8 Å². The molecule has 0 spiro atoms. The number of hydrogen-bond acceptors (Lipinski definition) is 5. The molecule has 6 nitrogen and oxygen atoms in total. The van der Waals surface area contributed by atoms with Gasteiger partial charge in [0.2, 0.25) is 15.9 Å². The van der Waals surface area contributed by atoms with Crippen molar-refractivity contribution in [3.05, 3.63) is 17.5 Å². The summed E-state index contributed by atoms with van der Waals surface area (Å²) in [5.41, 5.74) is 0. The van der Waals surface area contributed by atoms with Gasteiger partial charge in [0, 0.05) is 19.5 Å². The number of nitrogens with zero attached hydrogens (tertiary/aromatic N) is 1. The first-order chi connectivity index (χ1) is 9.86. The lowest BCUT2D eigenvalue weighted by Gasteiger charge is -2.21. The smallest absolute Gasteiger partial charge is 0.255 e. The Morgan fingerprint density at radius 2 is 2.19 bits per heavy atom. The molecule has 0 unspecified atom stereocenters. The molecule has 0 atom stereocenters. The lowest BCUT2D eigenvalue weighted by atomic mass is 10.3. The molecule has 1 aromatic rings. The third-order valence-electron chi connectivity index (χ3n) is 2.47. The van der Waals surface area contributed by atoms with Gasteiger partial charge in [-0.15, -0.1) is 11.3 Å². The number of rotatable bonds is 9. The number of aliphatic hydroxyl groups is 1. The third kappa shape index (κ3) is 6.04. The number of alkyl halides is 2. The lowest BCUT2D eigenvalue weighted by Crippen LogP contribution is -2.39. The van der Waals surface area contributed by atoms with Crippen molar-refractivity contribution in [2.45, 2.75) is 17.1 Å². The average molecular weight is 342 g/mol. The van der Waals surface area contributed by atoms with Crippen LogP contribution in [0.3, 0.4) is 0 Å². The number of hydrogen-bond donors (Lipinski definition) is 2. The van der Waals surface area contributed by atoms with Crippen molar-refractivity contribution < 1.29 is 27.1 Å². The second-order valence-electron chi connectivity index (χ2n) is 4.03. The standard InChI is InChI=1S/C11H16F2N2O4S2/c12-9(13)8-15(5-6-16)10(17)3-4-14-21(18,19)11-2-1-7-20-11/h1-2,7,9,14,16H,3-6,8H2. The summed E-state index contributed by atoms with van der Waals surface area (Å²) >= 11 is 1.03. The predicted molar refractivity (Wildman–Crippen MR) is 73.8 cm³/mol. The highest BCUT2D eigenvalue weighted by atomic mass is 32.2. The third-order valence-corrected chi connectivity index (χ3v) is 5.33. The van der Waals surface area contributed by atoms with E-state index < -0.39 is 35.5 Å². The highest BCUT2D eigenvalue weighted by molar-refractivity contribution is 7.91. The summed E-state index contributed by atoms with van der Waals surface area (Å²) in [5.74, 6) is -0.641. The molecule has 2 N–H and O–H groups in total. The molecule has 0 fully saturated rings. The predicted octanol–water partition coefficient (Wildman–Crippen LogP) is 0.503. The maximum absolute atomic E-state index is 12.3. The van der Waals surface area contributed by atoms with Crippen molar-refractivity contribution in [1.82, 2.24) is 9.62 Å². The Hall–Kier alpha value is -1.10. The molecular weight excluding hydrogens is 326 g/mol. The number of nitrogens with one attached hydrogen (secondary N) is 1. The molecular formula is C11H16F2N2O4S2. The van der Waals surface area contributed by atoms with E-state index >= 15 is 0 Å². The molecule has 0 bridgehead atoms. The van der Waals surface area contributed by atoms with Gasteiger partial charge >= 0.3 is 0 Å². The molecule has 120 valence electrons. The Labute approximate surface area is 125 Å². The monoisotopic (exact) mass is 342 g/mol. The number of halogens is 2. The van der Waals surface area contributed by atoms with Gasteiger partial charge in [0.05, 0.1) is 13.2 Å². The molecule has 1 amide bonds. The Morgan fingerprint density at radius 3 is 2.71 bits per heavy atom. The van der Waals surface area contributed by atoms with E-state index in [1.807, 2.05) is 0 Å². The van der Waals surface area contributed by atoms with Crippen LogP contribution in [0.2, 0.25) is 0 Å². The summed E-state index contributed by atoms with van der Waals surface area (Å²) in [4.78, 5) is 12.5. The van der Waals surface area contributed by atoms with E-state index in [0.717, 1.165) is 16.2 Å². The number of aliphatic hydroxyl groups excluding tert-OH is 1. The van der Waals surface area contributed by atoms with E-state index in [9.17, 15) is 22.0 Å². The van der Waals surface area contributed by atoms with Gasteiger partial charge in [-0.05, 0) is 11.4 Å². The molecule has 0 aliphatic rings. The fraction of sp³-hybridized carbons (Fsp3) is 0.545. The van der Waals surface area contributed by atoms with Crippen molar-refractivity contribution in [2.24, 2.45) is 0 Å². The molecule has 1 rings (SSSR count). The van der Waals surface area contributed by atoms with Gasteiger partial charge in [0.25, 0.3) is 6.43 Å². The highest BCUT2D eigenvalue weighted by Crippen LogP contribution is 2.15. The van der Waals surface area contributed by atoms with Crippen molar-refractivity contribution in [3.63, 3.8) is 0 Å². The van der Waals surface area contributed by atoms with Crippen molar-refractivity contribution >= 4 is 27.3 Å². The lowest BCUT2D eigenvalue weighted by molar-refractivity contribution is -0.133. The van der Waals surface area contributed by atoms with E-state index in [2.05, 4.69) is 4.72 Å². The van der Waals surface area contributed by atoms with Crippen LogP contribution in [-0.4, -0.2) is 57.0 Å². The Bertz CT molecular complexity index is 534. The zero-order valence-electron chi connectivity index (χ0n) is 11.0. The zero-order valence-corrected chi connectivity index (χ0v) is 12.7. The Morgan fingerprint density at radius 1 is 1.48 bits per heavy atom. The topological polar surface area (TPSA) is 86.7 Å².